The van der Waals surface area contributed by atoms with Crippen LogP contribution in [0.2, 0.25) is 0 Å². The van der Waals surface area contributed by atoms with E-state index in [2.05, 4.69) is 10.2 Å². The van der Waals surface area contributed by atoms with E-state index in [0.717, 1.165) is 26.1 Å². The summed E-state index contributed by atoms with van der Waals surface area (Å²) in [7, 11) is 0. The molecule has 1 atom stereocenters. The molecule has 96 valence electrons. The molecule has 2 aliphatic rings. The molecular formula is C12H20N2O3. The van der Waals surface area contributed by atoms with Gasteiger partial charge >= 0.3 is 5.97 Å². The van der Waals surface area contributed by atoms with Crippen LogP contribution in [0.5, 0.6) is 0 Å². The van der Waals surface area contributed by atoms with Gasteiger partial charge in [-0.3, -0.25) is 9.59 Å². The first-order valence-corrected chi connectivity index (χ1v) is 6.25. The molecule has 2 heterocycles. The van der Waals surface area contributed by atoms with E-state index >= 15 is 0 Å². The standard InChI is InChI=1S/C12H20N2O3/c1-12(11(16)17)4-6-14(7-5-12)8-9-2-3-10(15)13-9/h9H,2-8H2,1H3,(H,13,15)(H,16,17). The van der Waals surface area contributed by atoms with Gasteiger partial charge in [0.05, 0.1) is 5.41 Å². The first-order valence-electron chi connectivity index (χ1n) is 6.25. The molecule has 2 N–H and O–H groups in total. The lowest BCUT2D eigenvalue weighted by molar-refractivity contribution is -0.150. The summed E-state index contributed by atoms with van der Waals surface area (Å²) in [6.07, 6.45) is 2.93. The Labute approximate surface area is 101 Å². The van der Waals surface area contributed by atoms with Gasteiger partial charge in [-0.05, 0) is 39.3 Å². The molecule has 0 aromatic carbocycles. The lowest BCUT2D eigenvalue weighted by Gasteiger charge is -2.37. The number of carboxylic acid groups (broad SMARTS) is 1. The minimum atomic E-state index is -0.689. The Kier molecular flexibility index (Phi) is 3.38. The number of likely N-dealkylation sites (tertiary alicyclic amines) is 1. The Hall–Kier alpha value is -1.10. The van der Waals surface area contributed by atoms with Gasteiger partial charge in [0, 0.05) is 19.0 Å². The van der Waals surface area contributed by atoms with Gasteiger partial charge in [-0.2, -0.15) is 0 Å². The van der Waals surface area contributed by atoms with Crippen LogP contribution in [0.1, 0.15) is 32.6 Å². The highest BCUT2D eigenvalue weighted by Crippen LogP contribution is 2.31. The average molecular weight is 240 g/mol. The van der Waals surface area contributed by atoms with Gasteiger partial charge in [0.1, 0.15) is 0 Å². The molecule has 5 heteroatoms. The van der Waals surface area contributed by atoms with Crippen molar-refractivity contribution in [1.29, 1.82) is 0 Å². The van der Waals surface area contributed by atoms with E-state index in [1.54, 1.807) is 0 Å². The number of nitrogens with zero attached hydrogens (tertiary/aromatic N) is 1. The number of carbonyl (C=O) groups excluding carboxylic acids is 1. The fourth-order valence-electron chi connectivity index (χ4n) is 2.57. The summed E-state index contributed by atoms with van der Waals surface area (Å²) in [4.78, 5) is 24.4. The van der Waals surface area contributed by atoms with E-state index in [-0.39, 0.29) is 11.9 Å². The Balaban J connectivity index is 1.79. The molecule has 17 heavy (non-hydrogen) atoms. The van der Waals surface area contributed by atoms with Crippen molar-refractivity contribution in [3.8, 4) is 0 Å². The van der Waals surface area contributed by atoms with Crippen molar-refractivity contribution in [2.45, 2.75) is 38.6 Å². The third-order valence-corrected chi connectivity index (χ3v) is 4.04. The summed E-state index contributed by atoms with van der Waals surface area (Å²) < 4.78 is 0. The molecule has 5 nitrogen and oxygen atoms in total. The third-order valence-electron chi connectivity index (χ3n) is 4.04. The van der Waals surface area contributed by atoms with Crippen LogP contribution in [-0.2, 0) is 9.59 Å². The second-order valence-corrected chi connectivity index (χ2v) is 5.47. The van der Waals surface area contributed by atoms with E-state index in [4.69, 9.17) is 5.11 Å². The molecule has 0 aliphatic carbocycles. The summed E-state index contributed by atoms with van der Waals surface area (Å²) in [5, 5.41) is 12.1. The lowest BCUT2D eigenvalue weighted by atomic mass is 9.80. The number of hydrogen-bond acceptors (Lipinski definition) is 3. The van der Waals surface area contributed by atoms with Gasteiger partial charge in [0.25, 0.3) is 0 Å². The number of rotatable bonds is 3. The fourth-order valence-corrected chi connectivity index (χ4v) is 2.57. The molecule has 0 aromatic rings. The van der Waals surface area contributed by atoms with E-state index in [1.165, 1.54) is 0 Å². The molecule has 2 saturated heterocycles. The van der Waals surface area contributed by atoms with Gasteiger partial charge in [0.2, 0.25) is 5.91 Å². The van der Waals surface area contributed by atoms with Crippen LogP contribution in [0.4, 0.5) is 0 Å². The van der Waals surface area contributed by atoms with E-state index in [0.29, 0.717) is 19.3 Å². The minimum Gasteiger partial charge on any atom is -0.481 e. The number of aliphatic carboxylic acids is 1. The summed E-state index contributed by atoms with van der Waals surface area (Å²) in [5.41, 5.74) is -0.560. The highest BCUT2D eigenvalue weighted by atomic mass is 16.4. The first-order chi connectivity index (χ1) is 7.99. The van der Waals surface area contributed by atoms with Crippen molar-refractivity contribution >= 4 is 11.9 Å². The molecular weight excluding hydrogens is 220 g/mol. The van der Waals surface area contributed by atoms with Crippen molar-refractivity contribution < 1.29 is 14.7 Å². The van der Waals surface area contributed by atoms with E-state index < -0.39 is 11.4 Å². The topological polar surface area (TPSA) is 69.6 Å². The molecule has 0 bridgehead atoms. The number of hydrogen-bond donors (Lipinski definition) is 2. The van der Waals surface area contributed by atoms with Gasteiger partial charge < -0.3 is 15.3 Å². The smallest absolute Gasteiger partial charge is 0.309 e. The molecule has 2 fully saturated rings. The number of carboxylic acids is 1. The Morgan fingerprint density at radius 3 is 2.65 bits per heavy atom. The van der Waals surface area contributed by atoms with E-state index in [1.807, 2.05) is 6.92 Å². The van der Waals surface area contributed by atoms with Crippen molar-refractivity contribution in [2.75, 3.05) is 19.6 Å². The number of carbonyl (C=O) groups is 2. The average Bonchev–Trinajstić information content (AvgIpc) is 2.67. The molecule has 1 amide bonds. The van der Waals surface area contributed by atoms with Crippen LogP contribution < -0.4 is 5.32 Å². The highest BCUT2D eigenvalue weighted by Gasteiger charge is 2.37. The zero-order chi connectivity index (χ0) is 12.5. The Morgan fingerprint density at radius 1 is 1.53 bits per heavy atom. The largest absolute Gasteiger partial charge is 0.481 e. The second-order valence-electron chi connectivity index (χ2n) is 5.47. The van der Waals surface area contributed by atoms with Crippen molar-refractivity contribution in [3.63, 3.8) is 0 Å². The number of nitrogens with one attached hydrogen (secondary N) is 1. The van der Waals surface area contributed by atoms with Crippen LogP contribution in [-0.4, -0.2) is 47.6 Å². The van der Waals surface area contributed by atoms with Crippen LogP contribution in [0.3, 0.4) is 0 Å². The zero-order valence-corrected chi connectivity index (χ0v) is 10.2. The maximum atomic E-state index is 11.1. The Morgan fingerprint density at radius 2 is 2.18 bits per heavy atom. The number of amides is 1. The second kappa shape index (κ2) is 4.64. The third kappa shape index (κ3) is 2.77. The fraction of sp³-hybridized carbons (Fsp3) is 0.833. The zero-order valence-electron chi connectivity index (χ0n) is 10.2. The van der Waals surface area contributed by atoms with Crippen LogP contribution >= 0.6 is 0 Å². The molecule has 2 rings (SSSR count). The van der Waals surface area contributed by atoms with Gasteiger partial charge in [-0.15, -0.1) is 0 Å². The van der Waals surface area contributed by atoms with Gasteiger partial charge in [-0.1, -0.05) is 0 Å². The summed E-state index contributed by atoms with van der Waals surface area (Å²) in [6.45, 7) is 4.32. The minimum absolute atomic E-state index is 0.141. The first kappa shape index (κ1) is 12.4. The quantitative estimate of drug-likeness (QED) is 0.751. The van der Waals surface area contributed by atoms with Crippen molar-refractivity contribution in [2.24, 2.45) is 5.41 Å². The summed E-state index contributed by atoms with van der Waals surface area (Å²) >= 11 is 0. The van der Waals surface area contributed by atoms with E-state index in [9.17, 15) is 9.59 Å². The molecule has 0 spiro atoms. The van der Waals surface area contributed by atoms with Crippen LogP contribution in [0.25, 0.3) is 0 Å². The predicted octanol–water partition coefficient (Wildman–Crippen LogP) is 0.452. The molecule has 0 saturated carbocycles. The lowest BCUT2D eigenvalue weighted by Crippen LogP contribution is -2.46. The Bertz CT molecular complexity index is 322. The monoisotopic (exact) mass is 240 g/mol. The molecule has 0 aromatic heterocycles. The van der Waals surface area contributed by atoms with Crippen LogP contribution in [0, 0.1) is 5.41 Å². The SMILES string of the molecule is CC1(C(=O)O)CCN(CC2CCC(=O)N2)CC1. The maximum absolute atomic E-state index is 11.1. The molecule has 1 unspecified atom stereocenters. The van der Waals surface area contributed by atoms with Gasteiger partial charge in [0.15, 0.2) is 0 Å². The normalized spacial score (nSPS) is 29.0. The summed E-state index contributed by atoms with van der Waals surface area (Å²) in [6, 6.07) is 0.261. The highest BCUT2D eigenvalue weighted by molar-refractivity contribution is 5.78. The summed E-state index contributed by atoms with van der Waals surface area (Å²) in [5.74, 6) is -0.547. The number of piperidine rings is 1. The van der Waals surface area contributed by atoms with Crippen LogP contribution in [0.15, 0.2) is 0 Å². The van der Waals surface area contributed by atoms with Crippen molar-refractivity contribution in [3.05, 3.63) is 0 Å². The van der Waals surface area contributed by atoms with Gasteiger partial charge in [-0.25, -0.2) is 0 Å². The molecule has 2 aliphatic heterocycles. The maximum Gasteiger partial charge on any atom is 0.309 e. The molecule has 0 radical (unpaired) electrons. The predicted molar refractivity (Wildman–Crippen MR) is 62.6 cm³/mol. The van der Waals surface area contributed by atoms with Crippen molar-refractivity contribution in [1.82, 2.24) is 10.2 Å².